The molecule has 0 radical (unpaired) electrons. The third-order valence-electron chi connectivity index (χ3n) is 5.39. The average Bonchev–Trinajstić information content (AvgIpc) is 2.92. The van der Waals surface area contributed by atoms with Crippen molar-refractivity contribution in [3.63, 3.8) is 0 Å². The van der Waals surface area contributed by atoms with Crippen LogP contribution in [0.1, 0.15) is 6.42 Å². The number of nitrogens with one attached hydrogen (secondary N) is 1. The molecule has 214 valence electrons. The molecule has 1 fully saturated rings. The molecule has 2 aromatic rings. The zero-order valence-electron chi connectivity index (χ0n) is 21.4. The predicted molar refractivity (Wildman–Crippen MR) is 152 cm³/mol. The van der Waals surface area contributed by atoms with Gasteiger partial charge in [-0.2, -0.15) is 0 Å². The summed E-state index contributed by atoms with van der Waals surface area (Å²) in [5.74, 6) is -5.03. The number of carboxylic acids is 4. The fraction of sp³-hybridized carbons (Fsp3) is 0.259. The number of benzene rings is 2. The molecule has 2 heterocycles. The van der Waals surface area contributed by atoms with Crippen molar-refractivity contribution in [3.05, 3.63) is 71.8 Å². The minimum atomic E-state index is -1.26. The summed E-state index contributed by atoms with van der Waals surface area (Å²) < 4.78 is 0. The van der Waals surface area contributed by atoms with Crippen LogP contribution < -0.4 is 10.2 Å². The second-order valence-electron chi connectivity index (χ2n) is 8.30. The first-order chi connectivity index (χ1) is 19.1. The van der Waals surface area contributed by atoms with Gasteiger partial charge in [-0.15, -0.1) is 0 Å². The second-order valence-corrected chi connectivity index (χ2v) is 9.82. The number of halogens is 1. The summed E-state index contributed by atoms with van der Waals surface area (Å²) in [7, 11) is 0. The number of carbonyl (C=O) groups is 4. The highest BCUT2D eigenvalue weighted by molar-refractivity contribution is 7.99. The van der Waals surface area contributed by atoms with Gasteiger partial charge in [0, 0.05) is 71.8 Å². The zero-order valence-corrected chi connectivity index (χ0v) is 23.0. The van der Waals surface area contributed by atoms with Crippen molar-refractivity contribution in [3.8, 4) is 0 Å². The lowest BCUT2D eigenvalue weighted by atomic mass is 10.2. The van der Waals surface area contributed by atoms with Gasteiger partial charge in [-0.3, -0.25) is 0 Å². The maximum Gasteiger partial charge on any atom is 0.328 e. The molecule has 0 amide bonds. The predicted octanol–water partition coefficient (Wildman–Crippen LogP) is 3.66. The summed E-state index contributed by atoms with van der Waals surface area (Å²) in [6.45, 7) is 6.73. The molecule has 40 heavy (non-hydrogen) atoms. The summed E-state index contributed by atoms with van der Waals surface area (Å²) in [6.07, 6.45) is 3.39. The number of fused-ring (bicyclic) bond motifs is 2. The summed E-state index contributed by atoms with van der Waals surface area (Å²) in [4.78, 5) is 45.8. The molecule has 2 aliphatic heterocycles. The minimum absolute atomic E-state index is 0.558. The molecular weight excluding hydrogens is 562 g/mol. The van der Waals surface area contributed by atoms with Gasteiger partial charge in [0.1, 0.15) is 0 Å². The van der Waals surface area contributed by atoms with E-state index in [1.165, 1.54) is 21.2 Å². The number of nitrogens with zero attached hydrogens (tertiary/aromatic N) is 2. The van der Waals surface area contributed by atoms with Crippen molar-refractivity contribution in [2.45, 2.75) is 16.2 Å². The Morgan fingerprint density at radius 2 is 1.30 bits per heavy atom. The van der Waals surface area contributed by atoms with Crippen LogP contribution in [0.2, 0.25) is 5.02 Å². The van der Waals surface area contributed by atoms with E-state index in [1.807, 2.05) is 17.8 Å². The number of rotatable bonds is 8. The Morgan fingerprint density at radius 3 is 1.85 bits per heavy atom. The molecule has 11 nitrogen and oxygen atoms in total. The Hall–Kier alpha value is -3.84. The van der Waals surface area contributed by atoms with E-state index in [9.17, 15) is 19.2 Å². The molecule has 0 aliphatic carbocycles. The molecule has 0 atom stereocenters. The molecule has 1 saturated heterocycles. The van der Waals surface area contributed by atoms with Crippen LogP contribution in [0.5, 0.6) is 0 Å². The third kappa shape index (κ3) is 11.9. The quantitative estimate of drug-likeness (QED) is 0.283. The maximum atomic E-state index is 9.55. The Bertz CT molecular complexity index is 1180. The highest BCUT2D eigenvalue weighted by Crippen LogP contribution is 2.48. The lowest BCUT2D eigenvalue weighted by Gasteiger charge is -2.34. The molecule has 13 heteroatoms. The summed E-state index contributed by atoms with van der Waals surface area (Å²) in [6, 6.07) is 14.9. The molecule has 2 aliphatic rings. The second kappa shape index (κ2) is 17.0. The van der Waals surface area contributed by atoms with Crippen LogP contribution in [0, 0.1) is 0 Å². The van der Waals surface area contributed by atoms with Crippen molar-refractivity contribution in [1.29, 1.82) is 0 Å². The summed E-state index contributed by atoms with van der Waals surface area (Å²) in [5, 5.41) is 35.5. The van der Waals surface area contributed by atoms with Gasteiger partial charge in [0.05, 0.1) is 11.4 Å². The van der Waals surface area contributed by atoms with Crippen molar-refractivity contribution >= 4 is 58.6 Å². The highest BCUT2D eigenvalue weighted by Gasteiger charge is 2.23. The normalized spacial score (nSPS) is 14.3. The molecule has 0 spiro atoms. The molecule has 4 rings (SSSR count). The average molecular weight is 592 g/mol. The van der Waals surface area contributed by atoms with Crippen LogP contribution in [0.25, 0.3) is 0 Å². The van der Waals surface area contributed by atoms with Crippen molar-refractivity contribution in [1.82, 2.24) is 10.2 Å². The van der Waals surface area contributed by atoms with Gasteiger partial charge >= 0.3 is 23.9 Å². The van der Waals surface area contributed by atoms with Crippen molar-refractivity contribution in [2.24, 2.45) is 0 Å². The van der Waals surface area contributed by atoms with E-state index in [1.54, 1.807) is 0 Å². The third-order valence-corrected chi connectivity index (χ3v) is 6.76. The van der Waals surface area contributed by atoms with Gasteiger partial charge in [0.25, 0.3) is 0 Å². The van der Waals surface area contributed by atoms with E-state index in [-0.39, 0.29) is 0 Å². The molecule has 0 aromatic heterocycles. The lowest BCUT2D eigenvalue weighted by Crippen LogP contribution is -2.44. The first-order valence-corrected chi connectivity index (χ1v) is 13.3. The molecule has 2 aromatic carbocycles. The number of para-hydroxylation sites is 1. The molecule has 5 N–H and O–H groups in total. The molecular formula is C27H30ClN3O8S. The van der Waals surface area contributed by atoms with E-state index in [4.69, 9.17) is 32.0 Å². The summed E-state index contributed by atoms with van der Waals surface area (Å²) in [5.41, 5.74) is 2.55. The number of anilines is 2. The fourth-order valence-corrected chi connectivity index (χ4v) is 4.96. The Kier molecular flexibility index (Phi) is 13.7. The first-order valence-electron chi connectivity index (χ1n) is 12.1. The number of piperazine rings is 1. The van der Waals surface area contributed by atoms with Gasteiger partial charge in [-0.1, -0.05) is 35.5 Å². The number of hydrogen-bond acceptors (Lipinski definition) is 8. The largest absolute Gasteiger partial charge is 0.478 e. The van der Waals surface area contributed by atoms with Crippen LogP contribution in [0.15, 0.2) is 76.6 Å². The highest BCUT2D eigenvalue weighted by atomic mass is 35.5. The zero-order chi connectivity index (χ0) is 29.5. The Labute approximate surface area is 240 Å². The number of aliphatic carboxylic acids is 4. The van der Waals surface area contributed by atoms with E-state index < -0.39 is 23.9 Å². The van der Waals surface area contributed by atoms with Crippen LogP contribution >= 0.6 is 23.4 Å². The van der Waals surface area contributed by atoms with Gasteiger partial charge in [0.15, 0.2) is 0 Å². The monoisotopic (exact) mass is 591 g/mol. The smallest absolute Gasteiger partial charge is 0.328 e. The van der Waals surface area contributed by atoms with Crippen molar-refractivity contribution < 1.29 is 39.6 Å². The van der Waals surface area contributed by atoms with Crippen LogP contribution in [-0.2, 0) is 19.2 Å². The first kappa shape index (κ1) is 32.4. The summed E-state index contributed by atoms with van der Waals surface area (Å²) >= 11 is 8.11. The topological polar surface area (TPSA) is 168 Å². The maximum absolute atomic E-state index is 9.55. The number of hydrogen-bond donors (Lipinski definition) is 5. The van der Waals surface area contributed by atoms with Gasteiger partial charge in [-0.25, -0.2) is 19.2 Å². The molecule has 0 unspecified atom stereocenters. The number of carboxylic acid groups (broad SMARTS) is 4. The standard InChI is InChI=1S/C19H22ClN3S.2C4H4O4/c20-15-6-7-19-17(14-15)23(16-4-1-2-5-18(16)24-19)11-3-10-22-12-8-21-9-13-22;2*5-3(6)1-2-4(7)8/h1-2,4-7,14,21H,3,8-13H2;2*1-2H,(H,5,6)(H,7,8)/b;2*2-1-. The van der Waals surface area contributed by atoms with E-state index >= 15 is 0 Å². The molecule has 0 saturated carbocycles. The fourth-order valence-electron chi connectivity index (χ4n) is 3.72. The Morgan fingerprint density at radius 1 is 0.775 bits per heavy atom. The lowest BCUT2D eigenvalue weighted by molar-refractivity contribution is -0.134. The Balaban J connectivity index is 0.000000290. The molecule has 0 bridgehead atoms. The van der Waals surface area contributed by atoms with Gasteiger partial charge < -0.3 is 35.5 Å². The minimum Gasteiger partial charge on any atom is -0.478 e. The van der Waals surface area contributed by atoms with Crippen molar-refractivity contribution in [2.75, 3.05) is 44.2 Å². The van der Waals surface area contributed by atoms with Gasteiger partial charge in [0.2, 0.25) is 0 Å². The van der Waals surface area contributed by atoms with E-state index in [2.05, 4.69) is 51.5 Å². The van der Waals surface area contributed by atoms with Crippen LogP contribution in [-0.4, -0.2) is 88.5 Å². The SMILES string of the molecule is Clc1ccc2c(c1)N(CCCN1CCNCC1)c1ccccc1S2.O=C(O)/C=C\C(=O)O.O=C(O)/C=C\C(=O)O. The van der Waals surface area contributed by atoms with Crippen LogP contribution in [0.3, 0.4) is 0 Å². The van der Waals surface area contributed by atoms with Crippen LogP contribution in [0.4, 0.5) is 11.4 Å². The van der Waals surface area contributed by atoms with Gasteiger partial charge in [-0.05, 0) is 43.3 Å². The van der Waals surface area contributed by atoms with E-state index in [0.717, 1.165) is 50.7 Å². The van der Waals surface area contributed by atoms with E-state index in [0.29, 0.717) is 24.3 Å².